The SMILES string of the molecule is Cl.Cl.O=c1[nH]ccc2c(S(=O)(=O)NCCN3CCN(CCCOc4ccccc4)CC3)cccc12. The van der Waals surface area contributed by atoms with Gasteiger partial charge in [-0.1, -0.05) is 24.3 Å². The number of rotatable bonds is 10. The first kappa shape index (κ1) is 29.1. The van der Waals surface area contributed by atoms with Gasteiger partial charge in [0, 0.05) is 62.8 Å². The Hall–Kier alpha value is -2.14. The fourth-order valence-corrected chi connectivity index (χ4v) is 5.31. The van der Waals surface area contributed by atoms with Crippen molar-refractivity contribution in [3.8, 4) is 5.75 Å². The number of aromatic nitrogens is 1. The van der Waals surface area contributed by atoms with Crippen molar-refractivity contribution in [1.82, 2.24) is 19.5 Å². The summed E-state index contributed by atoms with van der Waals surface area (Å²) < 4.78 is 34.1. The molecule has 0 amide bonds. The largest absolute Gasteiger partial charge is 0.494 e. The Kier molecular flexibility index (Phi) is 11.5. The van der Waals surface area contributed by atoms with E-state index in [2.05, 4.69) is 19.5 Å². The van der Waals surface area contributed by atoms with E-state index in [4.69, 9.17) is 4.74 Å². The maximum Gasteiger partial charge on any atom is 0.255 e. The molecule has 0 bridgehead atoms. The fraction of sp³-hybridized carbons (Fsp3) is 0.375. The third kappa shape index (κ3) is 7.93. The van der Waals surface area contributed by atoms with Gasteiger partial charge in [-0.3, -0.25) is 9.69 Å². The number of halogens is 2. The molecule has 0 spiro atoms. The molecule has 1 fully saturated rings. The molecule has 35 heavy (non-hydrogen) atoms. The van der Waals surface area contributed by atoms with Gasteiger partial charge in [-0.15, -0.1) is 24.8 Å². The summed E-state index contributed by atoms with van der Waals surface area (Å²) in [4.78, 5) is 19.4. The Morgan fingerprint density at radius 1 is 0.857 bits per heavy atom. The summed E-state index contributed by atoms with van der Waals surface area (Å²) in [5, 5.41) is 0.796. The highest BCUT2D eigenvalue weighted by Crippen LogP contribution is 2.19. The molecule has 0 radical (unpaired) electrons. The van der Waals surface area contributed by atoms with Crippen LogP contribution in [0.4, 0.5) is 0 Å². The minimum atomic E-state index is -3.71. The molecule has 2 heterocycles. The van der Waals surface area contributed by atoms with Crippen molar-refractivity contribution in [2.24, 2.45) is 0 Å². The van der Waals surface area contributed by atoms with Gasteiger partial charge in [0.2, 0.25) is 10.0 Å². The number of sulfonamides is 1. The minimum absolute atomic E-state index is 0. The number of piperazine rings is 1. The second-order valence-electron chi connectivity index (χ2n) is 8.12. The number of aromatic amines is 1. The quantitative estimate of drug-likeness (QED) is 0.382. The molecule has 0 unspecified atom stereocenters. The first-order chi connectivity index (χ1) is 16.0. The number of hydrogen-bond acceptors (Lipinski definition) is 6. The van der Waals surface area contributed by atoms with Crippen molar-refractivity contribution in [1.29, 1.82) is 0 Å². The van der Waals surface area contributed by atoms with Gasteiger partial charge in [-0.05, 0) is 36.8 Å². The molecule has 8 nitrogen and oxygen atoms in total. The van der Waals surface area contributed by atoms with Crippen molar-refractivity contribution in [2.45, 2.75) is 11.3 Å². The van der Waals surface area contributed by atoms with Crippen molar-refractivity contribution >= 4 is 45.6 Å². The van der Waals surface area contributed by atoms with E-state index >= 15 is 0 Å². The molecule has 1 aliphatic heterocycles. The van der Waals surface area contributed by atoms with Crippen LogP contribution in [0.25, 0.3) is 10.8 Å². The molecular weight excluding hydrogens is 511 g/mol. The van der Waals surface area contributed by atoms with Crippen LogP contribution in [0.15, 0.2) is 70.5 Å². The van der Waals surface area contributed by atoms with E-state index in [1.807, 2.05) is 30.3 Å². The highest BCUT2D eigenvalue weighted by molar-refractivity contribution is 7.89. The third-order valence-electron chi connectivity index (χ3n) is 5.88. The molecule has 0 saturated carbocycles. The van der Waals surface area contributed by atoms with Crippen molar-refractivity contribution in [2.75, 3.05) is 52.4 Å². The normalized spacial score (nSPS) is 14.7. The lowest BCUT2D eigenvalue weighted by Crippen LogP contribution is -2.48. The number of ether oxygens (including phenoxy) is 1. The zero-order valence-corrected chi connectivity index (χ0v) is 21.8. The van der Waals surface area contributed by atoms with Gasteiger partial charge in [-0.2, -0.15) is 0 Å². The summed E-state index contributed by atoms with van der Waals surface area (Å²) in [6.07, 6.45) is 2.44. The summed E-state index contributed by atoms with van der Waals surface area (Å²) in [5.74, 6) is 0.903. The predicted octanol–water partition coefficient (Wildman–Crippen LogP) is 2.74. The molecule has 192 valence electrons. The van der Waals surface area contributed by atoms with E-state index in [1.54, 1.807) is 18.2 Å². The van der Waals surface area contributed by atoms with Crippen molar-refractivity contribution < 1.29 is 13.2 Å². The lowest BCUT2D eigenvalue weighted by molar-refractivity contribution is 0.128. The standard InChI is InChI=1S/C24H30N4O4S.2ClH/c29-24-22-8-4-9-23(21(22)10-11-25-24)33(30,31)26-12-14-28-17-15-27(16-18-28)13-5-19-32-20-6-2-1-3-7-20;;/h1-4,6-11,26H,5,12-19H2,(H,25,29);2*1H. The highest BCUT2D eigenvalue weighted by Gasteiger charge is 2.20. The van der Waals surface area contributed by atoms with Gasteiger partial charge in [0.25, 0.3) is 5.56 Å². The number of hydrogen-bond donors (Lipinski definition) is 2. The van der Waals surface area contributed by atoms with Gasteiger partial charge in [-0.25, -0.2) is 13.1 Å². The first-order valence-electron chi connectivity index (χ1n) is 11.3. The number of nitrogens with zero attached hydrogens (tertiary/aromatic N) is 2. The lowest BCUT2D eigenvalue weighted by Gasteiger charge is -2.34. The van der Waals surface area contributed by atoms with Gasteiger partial charge in [0.1, 0.15) is 5.75 Å². The summed E-state index contributed by atoms with van der Waals surface area (Å²) >= 11 is 0. The average molecular weight is 544 g/mol. The summed E-state index contributed by atoms with van der Waals surface area (Å²) in [6.45, 7) is 6.41. The van der Waals surface area contributed by atoms with Crippen LogP contribution in [0.5, 0.6) is 5.75 Å². The summed E-state index contributed by atoms with van der Waals surface area (Å²) in [5.41, 5.74) is -0.297. The van der Waals surface area contributed by atoms with Crippen LogP contribution in [0.3, 0.4) is 0 Å². The van der Waals surface area contributed by atoms with Crippen LogP contribution in [0.2, 0.25) is 0 Å². The molecule has 2 aromatic carbocycles. The van der Waals surface area contributed by atoms with Gasteiger partial charge in [0.15, 0.2) is 0 Å². The van der Waals surface area contributed by atoms with E-state index < -0.39 is 10.0 Å². The molecule has 0 aliphatic carbocycles. The zero-order valence-electron chi connectivity index (χ0n) is 19.4. The van der Waals surface area contributed by atoms with Crippen LogP contribution in [-0.2, 0) is 10.0 Å². The Balaban J connectivity index is 0.00000216. The molecular formula is C24H32Cl2N4O4S. The second-order valence-corrected chi connectivity index (χ2v) is 9.86. The minimum Gasteiger partial charge on any atom is -0.494 e. The monoisotopic (exact) mass is 542 g/mol. The number of nitrogens with one attached hydrogen (secondary N) is 2. The topological polar surface area (TPSA) is 94.7 Å². The number of benzene rings is 2. The average Bonchev–Trinajstić information content (AvgIpc) is 2.83. The van der Waals surface area contributed by atoms with Crippen LogP contribution in [0, 0.1) is 0 Å². The Morgan fingerprint density at radius 3 is 2.26 bits per heavy atom. The van der Waals surface area contributed by atoms with E-state index in [-0.39, 0.29) is 35.3 Å². The lowest BCUT2D eigenvalue weighted by atomic mass is 10.2. The van der Waals surface area contributed by atoms with E-state index in [1.165, 1.54) is 12.3 Å². The molecule has 3 aromatic rings. The van der Waals surface area contributed by atoms with Gasteiger partial charge < -0.3 is 14.6 Å². The zero-order chi connectivity index (χ0) is 23.1. The summed E-state index contributed by atoms with van der Waals surface area (Å²) in [7, 11) is -3.71. The van der Waals surface area contributed by atoms with Crippen LogP contribution < -0.4 is 15.0 Å². The number of fused-ring (bicyclic) bond motifs is 1. The maximum atomic E-state index is 12.8. The molecule has 4 rings (SSSR count). The Morgan fingerprint density at radius 2 is 1.54 bits per heavy atom. The highest BCUT2D eigenvalue weighted by atomic mass is 35.5. The van der Waals surface area contributed by atoms with E-state index in [9.17, 15) is 13.2 Å². The third-order valence-corrected chi connectivity index (χ3v) is 7.40. The van der Waals surface area contributed by atoms with Crippen LogP contribution in [-0.4, -0.2) is 75.6 Å². The predicted molar refractivity (Wildman–Crippen MR) is 144 cm³/mol. The number of pyridine rings is 1. The Bertz CT molecular complexity index is 1220. The second kappa shape index (κ2) is 13.8. The van der Waals surface area contributed by atoms with Gasteiger partial charge >= 0.3 is 0 Å². The summed E-state index contributed by atoms with van der Waals surface area (Å²) in [6, 6.07) is 16.2. The molecule has 1 aliphatic rings. The molecule has 1 aromatic heterocycles. The first-order valence-corrected chi connectivity index (χ1v) is 12.7. The number of H-pyrrole nitrogens is 1. The van der Waals surface area contributed by atoms with Crippen molar-refractivity contribution in [3.63, 3.8) is 0 Å². The van der Waals surface area contributed by atoms with E-state index in [0.29, 0.717) is 30.5 Å². The van der Waals surface area contributed by atoms with Crippen LogP contribution in [0.1, 0.15) is 6.42 Å². The molecule has 2 N–H and O–H groups in total. The molecule has 0 atom stereocenters. The van der Waals surface area contributed by atoms with Gasteiger partial charge in [0.05, 0.1) is 11.5 Å². The van der Waals surface area contributed by atoms with E-state index in [0.717, 1.165) is 44.9 Å². The Labute approximate surface area is 218 Å². The number of para-hydroxylation sites is 1. The maximum absolute atomic E-state index is 12.8. The molecule has 1 saturated heterocycles. The fourth-order valence-electron chi connectivity index (χ4n) is 4.07. The smallest absolute Gasteiger partial charge is 0.255 e. The van der Waals surface area contributed by atoms with Crippen LogP contribution >= 0.6 is 24.8 Å². The molecule has 11 heteroatoms. The van der Waals surface area contributed by atoms with Crippen molar-refractivity contribution in [3.05, 3.63) is 71.1 Å².